The van der Waals surface area contributed by atoms with Crippen molar-refractivity contribution in [3.05, 3.63) is 59.7 Å². The summed E-state index contributed by atoms with van der Waals surface area (Å²) < 4.78 is 23.6. The quantitative estimate of drug-likeness (QED) is 0.689. The van der Waals surface area contributed by atoms with Crippen LogP contribution in [0.1, 0.15) is 57.5 Å². The Hall–Kier alpha value is -2.34. The number of carbonyl (C=O) groups is 1. The van der Waals surface area contributed by atoms with E-state index in [-0.39, 0.29) is 11.7 Å². The lowest BCUT2D eigenvalue weighted by atomic mass is 10.1. The van der Waals surface area contributed by atoms with Crippen LogP contribution >= 0.6 is 0 Å². The molecule has 2 heterocycles. The van der Waals surface area contributed by atoms with E-state index in [1.165, 1.54) is 0 Å². The van der Waals surface area contributed by atoms with Gasteiger partial charge in [0.15, 0.2) is 9.84 Å². The molecule has 0 aliphatic carbocycles. The first-order chi connectivity index (χ1) is 14.2. The summed E-state index contributed by atoms with van der Waals surface area (Å²) in [5.74, 6) is 0.396. The molecule has 0 fully saturated rings. The third kappa shape index (κ3) is 5.04. The monoisotopic (exact) mass is 430 g/mol. The van der Waals surface area contributed by atoms with Gasteiger partial charge in [-0.1, -0.05) is 44.2 Å². The summed E-state index contributed by atoms with van der Waals surface area (Å²) >= 11 is 0. The first-order valence-electron chi connectivity index (χ1n) is 10.7. The van der Waals surface area contributed by atoms with Gasteiger partial charge in [-0.05, 0) is 51.5 Å². The molecule has 164 valence electrons. The predicted octanol–water partition coefficient (Wildman–Crippen LogP) is 4.77. The third-order valence-electron chi connectivity index (χ3n) is 5.21. The third-order valence-corrected chi connectivity index (χ3v) is 6.94. The molecule has 2 aliphatic rings. The molecule has 4 rings (SSSR count). The van der Waals surface area contributed by atoms with Crippen molar-refractivity contribution in [3.63, 3.8) is 0 Å². The van der Waals surface area contributed by atoms with E-state index in [1.807, 2.05) is 69.0 Å². The minimum atomic E-state index is -3.05. The molecule has 0 spiro atoms. The summed E-state index contributed by atoms with van der Waals surface area (Å²) in [6.45, 7) is 13.6. The molecule has 0 unspecified atom stereocenters. The summed E-state index contributed by atoms with van der Waals surface area (Å²) in [6, 6.07) is 15.7. The standard InChI is InChI=1S/C11H15NO2S.C11H13NO.C2H6/c1-9(2)12-7-8-15(13,14)11-6-4-3-5-10(11)12;1-8(2)12-7-9-5-3-4-6-10(9)11(12)13;1-2/h3-6,9H,7-8H2,1-2H3;3-6,8H,7H2,1-2H3;1-2H3. The molecule has 6 heteroatoms. The largest absolute Gasteiger partial charge is 0.367 e. The summed E-state index contributed by atoms with van der Waals surface area (Å²) in [5.41, 5.74) is 2.87. The Morgan fingerprint density at radius 3 is 2.00 bits per heavy atom. The van der Waals surface area contributed by atoms with Crippen LogP contribution in [0.2, 0.25) is 0 Å². The molecule has 0 radical (unpaired) electrons. The van der Waals surface area contributed by atoms with Gasteiger partial charge in [0, 0.05) is 30.7 Å². The number of carbonyl (C=O) groups excluding carboxylic acids is 1. The Bertz CT molecular complexity index is 968. The van der Waals surface area contributed by atoms with Crippen molar-refractivity contribution < 1.29 is 13.2 Å². The maximum absolute atomic E-state index is 11.8. The molecule has 2 aromatic rings. The second-order valence-corrected chi connectivity index (χ2v) is 9.84. The number of rotatable bonds is 2. The number of para-hydroxylation sites is 1. The van der Waals surface area contributed by atoms with E-state index in [2.05, 4.69) is 18.7 Å². The molecule has 2 aromatic carbocycles. The predicted molar refractivity (Wildman–Crippen MR) is 124 cm³/mol. The minimum Gasteiger partial charge on any atom is -0.367 e. The Labute approximate surface area is 181 Å². The summed E-state index contributed by atoms with van der Waals surface area (Å²) in [6.07, 6.45) is 0. The van der Waals surface area contributed by atoms with Crippen molar-refractivity contribution in [2.75, 3.05) is 17.2 Å². The van der Waals surface area contributed by atoms with Crippen molar-refractivity contribution in [2.45, 2.75) is 65.1 Å². The molecular formula is C24H34N2O3S. The minimum absolute atomic E-state index is 0.172. The lowest BCUT2D eigenvalue weighted by Crippen LogP contribution is -2.39. The van der Waals surface area contributed by atoms with Gasteiger partial charge >= 0.3 is 0 Å². The van der Waals surface area contributed by atoms with Crippen molar-refractivity contribution in [1.29, 1.82) is 0 Å². The van der Waals surface area contributed by atoms with Crippen LogP contribution < -0.4 is 4.90 Å². The van der Waals surface area contributed by atoms with Crippen LogP contribution in [-0.4, -0.2) is 43.6 Å². The van der Waals surface area contributed by atoms with E-state index in [0.29, 0.717) is 23.5 Å². The fraction of sp³-hybridized carbons (Fsp3) is 0.458. The maximum atomic E-state index is 11.8. The number of hydrogen-bond acceptors (Lipinski definition) is 4. The van der Waals surface area contributed by atoms with Gasteiger partial charge in [0.05, 0.1) is 16.3 Å². The SMILES string of the molecule is CC.CC(C)N1CCS(=O)(=O)c2ccccc21.CC(C)N1Cc2ccccc2C1=O. The van der Waals surface area contributed by atoms with E-state index in [9.17, 15) is 13.2 Å². The van der Waals surface area contributed by atoms with E-state index < -0.39 is 9.84 Å². The zero-order chi connectivity index (χ0) is 22.5. The van der Waals surface area contributed by atoms with Gasteiger partial charge < -0.3 is 9.80 Å². The molecule has 0 saturated carbocycles. The zero-order valence-electron chi connectivity index (χ0n) is 18.9. The second kappa shape index (κ2) is 10.1. The normalized spacial score (nSPS) is 16.3. The van der Waals surface area contributed by atoms with Gasteiger partial charge in [-0.15, -0.1) is 0 Å². The first-order valence-corrected chi connectivity index (χ1v) is 12.3. The molecule has 2 aliphatic heterocycles. The number of anilines is 1. The van der Waals surface area contributed by atoms with E-state index in [4.69, 9.17) is 0 Å². The molecule has 0 aromatic heterocycles. The van der Waals surface area contributed by atoms with Gasteiger partial charge in [-0.25, -0.2) is 8.42 Å². The van der Waals surface area contributed by atoms with Gasteiger partial charge in [0.25, 0.3) is 5.91 Å². The molecule has 0 bridgehead atoms. The van der Waals surface area contributed by atoms with E-state index in [1.54, 1.807) is 12.1 Å². The average molecular weight is 431 g/mol. The highest BCUT2D eigenvalue weighted by molar-refractivity contribution is 7.91. The summed E-state index contributed by atoms with van der Waals surface area (Å²) in [5, 5.41) is 0. The van der Waals surface area contributed by atoms with Crippen LogP contribution in [0.25, 0.3) is 0 Å². The van der Waals surface area contributed by atoms with Crippen LogP contribution in [-0.2, 0) is 16.4 Å². The Kier molecular flexibility index (Phi) is 8.07. The Balaban J connectivity index is 0.000000199. The van der Waals surface area contributed by atoms with Gasteiger partial charge in [-0.2, -0.15) is 0 Å². The highest BCUT2D eigenvalue weighted by Crippen LogP contribution is 2.31. The molecular weight excluding hydrogens is 396 g/mol. The smallest absolute Gasteiger partial charge is 0.254 e. The van der Waals surface area contributed by atoms with Crippen LogP contribution in [0, 0.1) is 0 Å². The fourth-order valence-electron chi connectivity index (χ4n) is 3.64. The van der Waals surface area contributed by atoms with Crippen LogP contribution in [0.15, 0.2) is 53.4 Å². The maximum Gasteiger partial charge on any atom is 0.254 e. The van der Waals surface area contributed by atoms with Crippen LogP contribution in [0.5, 0.6) is 0 Å². The molecule has 0 saturated heterocycles. The van der Waals surface area contributed by atoms with Crippen LogP contribution in [0.3, 0.4) is 0 Å². The number of fused-ring (bicyclic) bond motifs is 2. The number of nitrogens with zero attached hydrogens (tertiary/aromatic N) is 2. The number of amides is 1. The van der Waals surface area contributed by atoms with E-state index >= 15 is 0 Å². The molecule has 1 amide bonds. The lowest BCUT2D eigenvalue weighted by Gasteiger charge is -2.34. The Morgan fingerprint density at radius 2 is 1.40 bits per heavy atom. The second-order valence-electron chi connectivity index (χ2n) is 7.76. The zero-order valence-corrected chi connectivity index (χ0v) is 19.7. The fourth-order valence-corrected chi connectivity index (χ4v) is 5.08. The lowest BCUT2D eigenvalue weighted by molar-refractivity contribution is 0.0730. The summed E-state index contributed by atoms with van der Waals surface area (Å²) in [4.78, 5) is 16.3. The van der Waals surface area contributed by atoms with Crippen molar-refractivity contribution >= 4 is 21.4 Å². The van der Waals surface area contributed by atoms with E-state index in [0.717, 1.165) is 23.4 Å². The highest BCUT2D eigenvalue weighted by atomic mass is 32.2. The van der Waals surface area contributed by atoms with Crippen molar-refractivity contribution in [3.8, 4) is 0 Å². The summed E-state index contributed by atoms with van der Waals surface area (Å²) in [7, 11) is -3.05. The van der Waals surface area contributed by atoms with Gasteiger partial charge in [0.2, 0.25) is 0 Å². The molecule has 0 N–H and O–H groups in total. The van der Waals surface area contributed by atoms with Crippen molar-refractivity contribution in [2.24, 2.45) is 0 Å². The Morgan fingerprint density at radius 1 is 0.833 bits per heavy atom. The topological polar surface area (TPSA) is 57.7 Å². The van der Waals surface area contributed by atoms with Gasteiger partial charge in [-0.3, -0.25) is 4.79 Å². The highest BCUT2D eigenvalue weighted by Gasteiger charge is 2.29. The first kappa shape index (κ1) is 23.9. The molecule has 30 heavy (non-hydrogen) atoms. The number of benzene rings is 2. The van der Waals surface area contributed by atoms with Crippen LogP contribution in [0.4, 0.5) is 5.69 Å². The molecule has 5 nitrogen and oxygen atoms in total. The van der Waals surface area contributed by atoms with Crippen molar-refractivity contribution in [1.82, 2.24) is 4.90 Å². The average Bonchev–Trinajstić information content (AvgIpc) is 3.07. The molecule has 0 atom stereocenters. The number of sulfone groups is 1. The van der Waals surface area contributed by atoms with Gasteiger partial charge in [0.1, 0.15) is 0 Å². The number of hydrogen-bond donors (Lipinski definition) is 0.